The summed E-state index contributed by atoms with van der Waals surface area (Å²) in [5, 5.41) is 69.8. The van der Waals surface area contributed by atoms with Gasteiger partial charge in [0.2, 0.25) is 41.4 Å². The van der Waals surface area contributed by atoms with Gasteiger partial charge < -0.3 is 111 Å². The lowest BCUT2D eigenvalue weighted by molar-refractivity contribution is -0.139. The Morgan fingerprint density at radius 1 is 0.505 bits per heavy atom. The molecule has 1 fully saturated rings. The molecule has 1 aliphatic heterocycles. The number of H-pyrrole nitrogens is 4. The zero-order chi connectivity index (χ0) is 74.5. The van der Waals surface area contributed by atoms with Crippen molar-refractivity contribution in [3.05, 3.63) is 108 Å². The number of amides is 13. The van der Waals surface area contributed by atoms with Gasteiger partial charge in [-0.15, -0.1) is 0 Å². The molecule has 26 N–H and O–H groups in total. The van der Waals surface area contributed by atoms with Crippen molar-refractivity contribution in [2.24, 2.45) is 11.5 Å². The molecule has 13 amide bonds. The lowest BCUT2D eigenvalue weighted by atomic mass is 10.0. The number of rotatable bonds is 24. The first-order chi connectivity index (χ1) is 49.3. The molecular formula is C62H82N24O15S2. The molecular weight excluding hydrogens is 1380 g/mol. The number of hydrogen-bond donors (Lipinski definition) is 24. The summed E-state index contributed by atoms with van der Waals surface area (Å²) in [6.07, 6.45) is 4.40. The standard InChI is InChI=1S/C62H82N24O15S2/c1-102-103-58-57(99)83-46(23-34-27-68-30-75-34)84-61(100)81-39(12-6-18-69-59(63)64)51(93)79-43(20-31-24-71-37-10-4-2-8-35(31)37)54(96)77-41(14-16-48(88)89)50(92)73-28-47(87)76-45(22-33-26-67-29-74-33)56(98)86-62(101)82-40(13-7-19-70-60(65)66)52(94)80-44(21-32-25-72-38-11-5-3-9-36(32)38)55(97)78-42(53(95)85-58)15-17-49(90)91/h2-5,8-11,24-27,29-30,39-46,58,71-72H,6-7,12-23,28H2,1H3,(H,67,74)(H,68,75)(H,73,92)(H,76,87)(H,77,96)(H,78,97)(H,79,93)(H,80,94)(H,83,99)(H,85,95)(H,88,89)(H,90,91)(H4,63,64,69)(H4,65,66,70)(H2,81,84,100)(H2,82,86,98,101)/t39-,40-,41-,42-,43-,44-,45-,46+,58?/m0/s1. The van der Waals surface area contributed by atoms with Crippen LogP contribution in [-0.2, 0) is 78.4 Å². The van der Waals surface area contributed by atoms with Gasteiger partial charge in [0, 0.05) is 98.2 Å². The monoisotopic (exact) mass is 1470 g/mol. The molecule has 1 saturated heterocycles. The van der Waals surface area contributed by atoms with Crippen LogP contribution in [0.3, 0.4) is 0 Å². The molecule has 4 aromatic heterocycles. The number of guanidine groups is 2. The Kier molecular flexibility index (Phi) is 29.8. The number of carbonyl (C=O) groups excluding carboxylic acids is 11. The van der Waals surface area contributed by atoms with E-state index in [0.29, 0.717) is 32.9 Å². The number of urea groups is 2. The molecule has 2 aromatic carbocycles. The van der Waals surface area contributed by atoms with Crippen molar-refractivity contribution >= 4 is 132 Å². The minimum atomic E-state index is -1.75. The highest BCUT2D eigenvalue weighted by molar-refractivity contribution is 8.76. The Labute approximate surface area is 594 Å². The maximum absolute atomic E-state index is 14.9. The van der Waals surface area contributed by atoms with E-state index in [1.165, 1.54) is 25.0 Å². The summed E-state index contributed by atoms with van der Waals surface area (Å²) in [6, 6.07) is -0.166. The molecule has 0 bridgehead atoms. The van der Waals surface area contributed by atoms with Crippen LogP contribution in [-0.4, -0.2) is 209 Å². The average Bonchev–Trinajstić information content (AvgIpc) is 1.71. The van der Waals surface area contributed by atoms with E-state index in [-0.39, 0.29) is 69.4 Å². The summed E-state index contributed by atoms with van der Waals surface area (Å²) >= 11 is 0. The van der Waals surface area contributed by atoms with Gasteiger partial charge in [0.15, 0.2) is 17.3 Å². The van der Waals surface area contributed by atoms with Crippen LogP contribution in [0.2, 0.25) is 0 Å². The predicted octanol–water partition coefficient (Wildman–Crippen LogP) is -3.07. The third kappa shape index (κ3) is 25.3. The Morgan fingerprint density at radius 2 is 0.951 bits per heavy atom. The molecule has 103 heavy (non-hydrogen) atoms. The van der Waals surface area contributed by atoms with Crippen molar-refractivity contribution in [1.82, 2.24) is 104 Å². The fourth-order valence-corrected chi connectivity index (χ4v) is 12.3. The quantitative estimate of drug-likeness (QED) is 0.0124. The number of carbonyl (C=O) groups is 13. The van der Waals surface area contributed by atoms with Crippen molar-refractivity contribution in [3.8, 4) is 0 Å². The largest absolute Gasteiger partial charge is 0.481 e. The van der Waals surface area contributed by atoms with E-state index in [1.807, 2.05) is 0 Å². The second-order valence-electron chi connectivity index (χ2n) is 23.5. The number of nitrogens with two attached hydrogens (primary N) is 2. The molecule has 0 saturated carbocycles. The molecule has 0 radical (unpaired) electrons. The van der Waals surface area contributed by atoms with Crippen molar-refractivity contribution < 1.29 is 72.5 Å². The van der Waals surface area contributed by atoms with Crippen LogP contribution in [0.5, 0.6) is 0 Å². The molecule has 552 valence electrons. The van der Waals surface area contributed by atoms with Crippen LogP contribution in [0.15, 0.2) is 86.0 Å². The van der Waals surface area contributed by atoms with Crippen LogP contribution in [0.25, 0.3) is 21.8 Å². The highest BCUT2D eigenvalue weighted by atomic mass is 33.1. The van der Waals surface area contributed by atoms with Crippen LogP contribution in [0.4, 0.5) is 9.59 Å². The van der Waals surface area contributed by atoms with Gasteiger partial charge in [0.05, 0.1) is 30.6 Å². The number of nitrogens with zero attached hydrogens (tertiary/aromatic N) is 2. The van der Waals surface area contributed by atoms with Gasteiger partial charge in [-0.3, -0.25) is 68.9 Å². The van der Waals surface area contributed by atoms with E-state index in [4.69, 9.17) is 22.3 Å². The minimum absolute atomic E-state index is 0.000304. The van der Waals surface area contributed by atoms with Crippen LogP contribution >= 0.6 is 21.6 Å². The zero-order valence-electron chi connectivity index (χ0n) is 55.5. The first-order valence-electron chi connectivity index (χ1n) is 32.2. The SMILES string of the molecule is CSSC1NC(=O)[C@H](CCC(=O)O)NC(=O)[C@H](Cc2c[nH]c3ccccc23)NC(=O)[C@H](CCCNC(=N)N)NC(=O)NC(=O)[C@H](Cc2c[nH]cn2)NC(=O)CNC(=O)[C@H](CCC(=O)O)NC(=O)[C@H](Cc2c[nH]c3ccccc23)NC(=O)[C@H](CCCNC(=N)N)NC(=O)N[C@H](Cc2c[nH]cn2)NC1=O. The Hall–Kier alpha value is -11.9. The number of hydrogen-bond acceptors (Lipinski definition) is 19. The van der Waals surface area contributed by atoms with E-state index in [2.05, 4.69) is 104 Å². The fraction of sp³-hybridized carbons (Fsp3) is 0.403. The molecule has 6 aromatic rings. The van der Waals surface area contributed by atoms with Crippen LogP contribution in [0, 0.1) is 10.8 Å². The van der Waals surface area contributed by atoms with Crippen LogP contribution in [0.1, 0.15) is 73.9 Å². The average molecular weight is 1470 g/mol. The Balaban J connectivity index is 1.28. The smallest absolute Gasteiger partial charge is 0.322 e. The van der Waals surface area contributed by atoms with Gasteiger partial charge in [-0.25, -0.2) is 19.6 Å². The summed E-state index contributed by atoms with van der Waals surface area (Å²) in [7, 11) is 1.80. The molecule has 39 nitrogen and oxygen atoms in total. The van der Waals surface area contributed by atoms with E-state index >= 15 is 0 Å². The van der Waals surface area contributed by atoms with E-state index < -0.39 is 182 Å². The number of para-hydroxylation sites is 2. The number of aliphatic carboxylic acids is 2. The van der Waals surface area contributed by atoms with Crippen molar-refractivity contribution in [2.45, 2.75) is 131 Å². The number of fused-ring (bicyclic) bond motifs is 2. The van der Waals surface area contributed by atoms with Gasteiger partial charge in [0.25, 0.3) is 11.8 Å². The van der Waals surface area contributed by atoms with Gasteiger partial charge in [-0.1, -0.05) is 58.0 Å². The van der Waals surface area contributed by atoms with Gasteiger partial charge in [0.1, 0.15) is 48.5 Å². The lowest BCUT2D eigenvalue weighted by Gasteiger charge is -2.28. The summed E-state index contributed by atoms with van der Waals surface area (Å²) in [4.78, 5) is 203. The zero-order valence-corrected chi connectivity index (χ0v) is 57.1. The second kappa shape index (κ2) is 39.2. The summed E-state index contributed by atoms with van der Waals surface area (Å²) < 4.78 is 0. The Morgan fingerprint density at radius 3 is 1.44 bits per heavy atom. The molecule has 1 unspecified atom stereocenters. The second-order valence-corrected chi connectivity index (χ2v) is 26.0. The lowest BCUT2D eigenvalue weighted by Crippen LogP contribution is -2.61. The minimum Gasteiger partial charge on any atom is -0.481 e. The third-order valence-electron chi connectivity index (χ3n) is 15.8. The van der Waals surface area contributed by atoms with Crippen molar-refractivity contribution in [2.75, 3.05) is 25.9 Å². The Bertz CT molecular complexity index is 4000. The van der Waals surface area contributed by atoms with E-state index in [1.54, 1.807) is 67.2 Å². The van der Waals surface area contributed by atoms with Crippen molar-refractivity contribution in [3.63, 3.8) is 0 Å². The predicted molar refractivity (Wildman–Crippen MR) is 374 cm³/mol. The van der Waals surface area contributed by atoms with Crippen molar-refractivity contribution in [1.29, 1.82) is 10.8 Å². The molecule has 1 aliphatic rings. The van der Waals surface area contributed by atoms with Crippen LogP contribution < -0.4 is 85.9 Å². The third-order valence-corrected chi connectivity index (χ3v) is 17.7. The highest BCUT2D eigenvalue weighted by Crippen LogP contribution is 2.24. The fourth-order valence-electron chi connectivity index (χ4n) is 10.8. The molecule has 7 rings (SSSR count). The summed E-state index contributed by atoms with van der Waals surface area (Å²) in [5.74, 6) is -13.2. The molecule has 9 atom stereocenters. The molecule has 0 aliphatic carbocycles. The summed E-state index contributed by atoms with van der Waals surface area (Å²) in [6.45, 7) is -0.962. The summed E-state index contributed by atoms with van der Waals surface area (Å²) in [5.41, 5.74) is 13.7. The number of carboxylic acid groups (broad SMARTS) is 2. The topological polar surface area (TPSA) is 619 Å². The molecule has 5 heterocycles. The van der Waals surface area contributed by atoms with Gasteiger partial charge in [-0.2, -0.15) is 0 Å². The number of aromatic amines is 4. The first kappa shape index (κ1) is 78.4. The molecule has 41 heteroatoms. The highest BCUT2D eigenvalue weighted by Gasteiger charge is 2.36. The number of nitrogens with one attached hydrogen (secondary N) is 20. The normalized spacial score (nSPS) is 21.4. The maximum atomic E-state index is 14.9. The number of benzene rings is 2. The van der Waals surface area contributed by atoms with Gasteiger partial charge in [-0.05, 0) is 68.0 Å². The molecule has 0 spiro atoms. The first-order valence-corrected chi connectivity index (χ1v) is 34.9. The number of aromatic nitrogens is 6. The number of imide groups is 1. The van der Waals surface area contributed by atoms with E-state index in [9.17, 15) is 72.5 Å². The van der Waals surface area contributed by atoms with Gasteiger partial charge >= 0.3 is 24.0 Å². The number of carboxylic acids is 2. The maximum Gasteiger partial charge on any atom is 0.322 e. The van der Waals surface area contributed by atoms with E-state index in [0.717, 1.165) is 21.6 Å². The number of imidazole rings is 2.